The summed E-state index contributed by atoms with van der Waals surface area (Å²) in [6.45, 7) is 0. The predicted molar refractivity (Wildman–Crippen MR) is 54.6 cm³/mol. The third kappa shape index (κ3) is 2.70. The Balaban J connectivity index is 1.82. The molecular weight excluding hydrogens is 200 g/mol. The average Bonchev–Trinajstić information content (AvgIpc) is 2.41. The van der Waals surface area contributed by atoms with Crippen LogP contribution in [0.15, 0.2) is 0 Å². The Kier molecular flexibility index (Phi) is 2.84. The largest absolute Gasteiger partial charge is 0.286 e. The molecule has 0 aliphatic heterocycles. The van der Waals surface area contributed by atoms with Crippen molar-refractivity contribution >= 4 is 10.1 Å². The Labute approximate surface area is 85.6 Å². The van der Waals surface area contributed by atoms with Crippen LogP contribution in [0.1, 0.15) is 38.5 Å². The van der Waals surface area contributed by atoms with Gasteiger partial charge >= 0.3 is 0 Å². The molecule has 0 spiro atoms. The fourth-order valence-corrected chi connectivity index (χ4v) is 3.83. The van der Waals surface area contributed by atoms with E-state index in [0.717, 1.165) is 11.8 Å². The lowest BCUT2D eigenvalue weighted by Crippen LogP contribution is -2.18. The smallest absolute Gasteiger partial charge is 0.264 e. The normalized spacial score (nSPS) is 37.4. The summed E-state index contributed by atoms with van der Waals surface area (Å²) < 4.78 is 29.9. The molecule has 2 bridgehead atoms. The van der Waals surface area contributed by atoms with Gasteiger partial charge in [0.1, 0.15) is 0 Å². The van der Waals surface area contributed by atoms with Gasteiger partial charge in [0.05, 0.1) is 5.75 Å². The molecule has 0 aromatic carbocycles. The Bertz CT molecular complexity index is 284. The maximum atomic E-state index is 10.6. The fourth-order valence-electron chi connectivity index (χ4n) is 3.20. The number of hydrogen-bond donors (Lipinski definition) is 1. The molecule has 0 aromatic heterocycles. The van der Waals surface area contributed by atoms with E-state index in [2.05, 4.69) is 0 Å². The number of rotatable bonds is 3. The first-order valence-corrected chi connectivity index (χ1v) is 7.09. The molecule has 82 valence electrons. The summed E-state index contributed by atoms with van der Waals surface area (Å²) in [5.41, 5.74) is 0. The van der Waals surface area contributed by atoms with Crippen LogP contribution in [0.25, 0.3) is 0 Å². The second-order valence-corrected chi connectivity index (χ2v) is 6.53. The quantitative estimate of drug-likeness (QED) is 0.738. The summed E-state index contributed by atoms with van der Waals surface area (Å²) in [4.78, 5) is 0. The van der Waals surface area contributed by atoms with E-state index in [-0.39, 0.29) is 5.75 Å². The van der Waals surface area contributed by atoms with E-state index in [1.807, 2.05) is 0 Å². The molecule has 1 N–H and O–H groups in total. The molecule has 3 nitrogen and oxygen atoms in total. The molecule has 2 aliphatic rings. The highest BCUT2D eigenvalue weighted by atomic mass is 32.2. The topological polar surface area (TPSA) is 54.4 Å². The predicted octanol–water partition coefficient (Wildman–Crippen LogP) is 2.09. The van der Waals surface area contributed by atoms with E-state index in [4.69, 9.17) is 4.55 Å². The zero-order chi connectivity index (χ0) is 10.2. The molecule has 4 heteroatoms. The van der Waals surface area contributed by atoms with Crippen LogP contribution in [0.3, 0.4) is 0 Å². The lowest BCUT2D eigenvalue weighted by molar-refractivity contribution is 0.255. The van der Waals surface area contributed by atoms with Crippen LogP contribution in [0.5, 0.6) is 0 Å². The summed E-state index contributed by atoms with van der Waals surface area (Å²) in [6, 6.07) is 0. The summed E-state index contributed by atoms with van der Waals surface area (Å²) in [7, 11) is -3.74. The van der Waals surface area contributed by atoms with Crippen molar-refractivity contribution in [1.82, 2.24) is 0 Å². The first-order valence-electron chi connectivity index (χ1n) is 5.48. The van der Waals surface area contributed by atoms with Crippen LogP contribution >= 0.6 is 0 Å². The minimum atomic E-state index is -3.74. The molecule has 2 rings (SSSR count). The first kappa shape index (κ1) is 10.4. The molecule has 2 unspecified atom stereocenters. The maximum absolute atomic E-state index is 10.6. The van der Waals surface area contributed by atoms with Crippen LogP contribution in [-0.4, -0.2) is 18.7 Å². The van der Waals surface area contributed by atoms with Gasteiger partial charge in [-0.2, -0.15) is 8.42 Å². The van der Waals surface area contributed by atoms with Gasteiger partial charge in [-0.05, 0) is 43.4 Å². The van der Waals surface area contributed by atoms with Gasteiger partial charge in [0.15, 0.2) is 0 Å². The van der Waals surface area contributed by atoms with E-state index >= 15 is 0 Å². The van der Waals surface area contributed by atoms with Gasteiger partial charge in [-0.15, -0.1) is 0 Å². The minimum absolute atomic E-state index is 0.0445. The highest BCUT2D eigenvalue weighted by molar-refractivity contribution is 7.85. The standard InChI is InChI=1S/C10H18O3S/c11-14(12,13)4-3-10-6-8-1-2-9(5-8)7-10/h8-10H,1-7H2,(H,11,12,13). The zero-order valence-electron chi connectivity index (χ0n) is 8.35. The van der Waals surface area contributed by atoms with Gasteiger partial charge in [0, 0.05) is 0 Å². The van der Waals surface area contributed by atoms with E-state index in [9.17, 15) is 8.42 Å². The number of hydrogen-bond acceptors (Lipinski definition) is 2. The molecule has 14 heavy (non-hydrogen) atoms. The Morgan fingerprint density at radius 1 is 1.07 bits per heavy atom. The molecule has 0 aromatic rings. The van der Waals surface area contributed by atoms with Crippen molar-refractivity contribution in [3.05, 3.63) is 0 Å². The van der Waals surface area contributed by atoms with E-state index in [1.165, 1.54) is 32.1 Å². The SMILES string of the molecule is O=S(=O)(O)CCC1CC2CCC(C2)C1. The van der Waals surface area contributed by atoms with Gasteiger partial charge in [0.25, 0.3) is 10.1 Å². The Morgan fingerprint density at radius 2 is 1.64 bits per heavy atom. The Morgan fingerprint density at radius 3 is 2.14 bits per heavy atom. The summed E-state index contributed by atoms with van der Waals surface area (Å²) in [5, 5.41) is 0. The van der Waals surface area contributed by atoms with Gasteiger partial charge < -0.3 is 0 Å². The van der Waals surface area contributed by atoms with Crippen LogP contribution in [0, 0.1) is 17.8 Å². The molecule has 0 saturated heterocycles. The maximum Gasteiger partial charge on any atom is 0.264 e. The molecule has 2 fully saturated rings. The van der Waals surface area contributed by atoms with E-state index in [0.29, 0.717) is 12.3 Å². The van der Waals surface area contributed by atoms with Gasteiger partial charge in [-0.25, -0.2) is 0 Å². The second-order valence-electron chi connectivity index (χ2n) is 4.96. The van der Waals surface area contributed by atoms with Gasteiger partial charge in [0.2, 0.25) is 0 Å². The molecule has 2 aliphatic carbocycles. The highest BCUT2D eigenvalue weighted by Gasteiger charge is 2.34. The van der Waals surface area contributed by atoms with Crippen LogP contribution in [0.2, 0.25) is 0 Å². The second kappa shape index (κ2) is 3.81. The lowest BCUT2D eigenvalue weighted by Gasteiger charge is -2.27. The summed E-state index contributed by atoms with van der Waals surface area (Å²) in [6.07, 6.45) is 7.08. The minimum Gasteiger partial charge on any atom is -0.286 e. The third-order valence-electron chi connectivity index (χ3n) is 3.77. The summed E-state index contributed by atoms with van der Waals surface area (Å²) in [5.74, 6) is 2.19. The van der Waals surface area contributed by atoms with Crippen molar-refractivity contribution in [2.75, 3.05) is 5.75 Å². The Hall–Kier alpha value is -0.0900. The molecule has 0 radical (unpaired) electrons. The van der Waals surface area contributed by atoms with Crippen LogP contribution in [0.4, 0.5) is 0 Å². The van der Waals surface area contributed by atoms with E-state index < -0.39 is 10.1 Å². The molecule has 2 atom stereocenters. The van der Waals surface area contributed by atoms with Crippen molar-refractivity contribution in [3.8, 4) is 0 Å². The highest BCUT2D eigenvalue weighted by Crippen LogP contribution is 2.45. The van der Waals surface area contributed by atoms with Crippen molar-refractivity contribution in [3.63, 3.8) is 0 Å². The van der Waals surface area contributed by atoms with Crippen molar-refractivity contribution in [2.45, 2.75) is 38.5 Å². The van der Waals surface area contributed by atoms with Crippen molar-refractivity contribution in [2.24, 2.45) is 17.8 Å². The third-order valence-corrected chi connectivity index (χ3v) is 4.52. The van der Waals surface area contributed by atoms with Crippen LogP contribution < -0.4 is 0 Å². The van der Waals surface area contributed by atoms with E-state index in [1.54, 1.807) is 0 Å². The van der Waals surface area contributed by atoms with Gasteiger partial charge in [-0.1, -0.05) is 12.8 Å². The van der Waals surface area contributed by atoms with Gasteiger partial charge in [-0.3, -0.25) is 4.55 Å². The average molecular weight is 218 g/mol. The number of fused-ring (bicyclic) bond motifs is 2. The molecule has 0 heterocycles. The first-order chi connectivity index (χ1) is 6.53. The lowest BCUT2D eigenvalue weighted by atomic mass is 9.80. The zero-order valence-corrected chi connectivity index (χ0v) is 9.17. The molecule has 0 amide bonds. The fraction of sp³-hybridized carbons (Fsp3) is 1.00. The van der Waals surface area contributed by atoms with Crippen LogP contribution in [-0.2, 0) is 10.1 Å². The monoisotopic (exact) mass is 218 g/mol. The van der Waals surface area contributed by atoms with Crippen molar-refractivity contribution in [1.29, 1.82) is 0 Å². The molecular formula is C10H18O3S. The van der Waals surface area contributed by atoms with Crippen molar-refractivity contribution < 1.29 is 13.0 Å². The summed E-state index contributed by atoms with van der Waals surface area (Å²) >= 11 is 0. The molecule has 2 saturated carbocycles.